The number of ether oxygens (including phenoxy) is 1. The number of aliphatic imine (C=N–C) groups is 1. The minimum atomic E-state index is -0.0513. The van der Waals surface area contributed by atoms with E-state index in [2.05, 4.69) is 29.3 Å². The van der Waals surface area contributed by atoms with Crippen LogP contribution in [0.15, 0.2) is 52.1 Å². The van der Waals surface area contributed by atoms with Crippen molar-refractivity contribution in [3.8, 4) is 5.75 Å². The minimum Gasteiger partial charge on any atom is -0.490 e. The average molecular weight is 552 g/mol. The van der Waals surface area contributed by atoms with Gasteiger partial charge in [-0.05, 0) is 50.8 Å². The number of guanidine groups is 1. The molecule has 1 aromatic heterocycles. The van der Waals surface area contributed by atoms with E-state index in [0.717, 1.165) is 49.7 Å². The predicted molar refractivity (Wildman–Crippen MR) is 136 cm³/mol. The van der Waals surface area contributed by atoms with Crippen molar-refractivity contribution in [2.45, 2.75) is 45.3 Å². The normalized spacial score (nSPS) is 17.2. The average Bonchev–Trinajstić information content (AvgIpc) is 3.52. The van der Waals surface area contributed by atoms with Crippen molar-refractivity contribution in [1.82, 2.24) is 15.1 Å². The van der Waals surface area contributed by atoms with E-state index in [9.17, 15) is 4.79 Å². The van der Waals surface area contributed by atoms with E-state index < -0.39 is 0 Å². The number of carbonyl (C=O) groups is 1. The smallest absolute Gasteiger partial charge is 0.289 e. The summed E-state index contributed by atoms with van der Waals surface area (Å²) in [5.41, 5.74) is 1.11. The van der Waals surface area contributed by atoms with Crippen molar-refractivity contribution in [3.63, 3.8) is 0 Å². The number of benzene rings is 1. The third kappa shape index (κ3) is 6.17. The van der Waals surface area contributed by atoms with Crippen molar-refractivity contribution in [2.24, 2.45) is 4.99 Å². The molecule has 1 saturated heterocycles. The van der Waals surface area contributed by atoms with Crippen molar-refractivity contribution < 1.29 is 13.9 Å². The molecule has 0 atom stereocenters. The first-order valence-corrected chi connectivity index (χ1v) is 11.3. The Balaban J connectivity index is 0.00000289. The van der Waals surface area contributed by atoms with Gasteiger partial charge in [0, 0.05) is 38.3 Å². The molecule has 7 nitrogen and oxygen atoms in total. The summed E-state index contributed by atoms with van der Waals surface area (Å²) in [6, 6.07) is 11.7. The van der Waals surface area contributed by atoms with Gasteiger partial charge in [-0.1, -0.05) is 18.2 Å². The molecule has 1 saturated carbocycles. The van der Waals surface area contributed by atoms with Crippen molar-refractivity contribution >= 4 is 35.8 Å². The highest BCUT2D eigenvalue weighted by Crippen LogP contribution is 2.27. The lowest BCUT2D eigenvalue weighted by atomic mass is 10.2. The molecule has 8 heteroatoms. The van der Waals surface area contributed by atoms with Crippen molar-refractivity contribution in [3.05, 3.63) is 54.0 Å². The predicted octanol–water partition coefficient (Wildman–Crippen LogP) is 4.14. The van der Waals surface area contributed by atoms with Gasteiger partial charge in [-0.25, -0.2) is 4.99 Å². The van der Waals surface area contributed by atoms with Crippen LogP contribution in [0.3, 0.4) is 0 Å². The molecule has 32 heavy (non-hydrogen) atoms. The number of amides is 1. The highest BCUT2D eigenvalue weighted by molar-refractivity contribution is 14.0. The van der Waals surface area contributed by atoms with Crippen LogP contribution in [0.25, 0.3) is 0 Å². The SMILES string of the molecule is CCNC(=NCc1ccccc1OC1CCCC1)N1CCN(C(=O)c2ccco2)CC1.I. The Kier molecular flexibility index (Phi) is 9.25. The standard InChI is InChI=1S/C24H32N4O3.HI/c1-2-25-24(28-15-13-27(14-16-28)23(29)22-12-7-17-30-22)26-18-19-8-3-6-11-21(19)31-20-9-4-5-10-20;/h3,6-8,11-12,17,20H,2,4-5,9-10,13-16,18H2,1H3,(H,25,26);1H. The van der Waals surface area contributed by atoms with E-state index in [0.29, 0.717) is 31.5 Å². The number of halogens is 1. The Morgan fingerprint density at radius 3 is 2.50 bits per heavy atom. The monoisotopic (exact) mass is 552 g/mol. The summed E-state index contributed by atoms with van der Waals surface area (Å²) < 4.78 is 11.5. The first-order chi connectivity index (χ1) is 15.2. The minimum absolute atomic E-state index is 0. The van der Waals surface area contributed by atoms with Gasteiger partial charge in [0.2, 0.25) is 0 Å². The van der Waals surface area contributed by atoms with Gasteiger partial charge in [0.25, 0.3) is 5.91 Å². The Bertz CT molecular complexity index is 873. The van der Waals surface area contributed by atoms with E-state index in [1.165, 1.54) is 19.1 Å². The second kappa shape index (κ2) is 12.1. The Morgan fingerprint density at radius 1 is 1.09 bits per heavy atom. The zero-order valence-corrected chi connectivity index (χ0v) is 21.0. The molecule has 1 aliphatic carbocycles. The van der Waals surface area contributed by atoms with Gasteiger partial charge in [-0.15, -0.1) is 24.0 Å². The molecule has 0 spiro atoms. The molecule has 1 N–H and O–H groups in total. The molecule has 2 aromatic rings. The van der Waals surface area contributed by atoms with Crippen LogP contribution in [0, 0.1) is 0 Å². The molecule has 2 aliphatic rings. The molecule has 0 radical (unpaired) electrons. The van der Waals surface area contributed by atoms with Gasteiger partial charge in [-0.2, -0.15) is 0 Å². The van der Waals surface area contributed by atoms with Gasteiger partial charge in [-0.3, -0.25) is 4.79 Å². The van der Waals surface area contributed by atoms with E-state index in [1.807, 2.05) is 17.0 Å². The summed E-state index contributed by atoms with van der Waals surface area (Å²) in [7, 11) is 0. The Morgan fingerprint density at radius 2 is 1.81 bits per heavy atom. The van der Waals surface area contributed by atoms with Crippen molar-refractivity contribution in [1.29, 1.82) is 0 Å². The molecule has 2 heterocycles. The summed E-state index contributed by atoms with van der Waals surface area (Å²) in [6.45, 7) is 6.19. The molecule has 0 unspecified atom stereocenters. The number of furan rings is 1. The van der Waals surface area contributed by atoms with Gasteiger partial charge in [0.05, 0.1) is 18.9 Å². The number of piperazine rings is 1. The van der Waals surface area contributed by atoms with Gasteiger partial charge in [0.1, 0.15) is 5.75 Å². The summed E-state index contributed by atoms with van der Waals surface area (Å²) in [5, 5.41) is 3.40. The van der Waals surface area contributed by atoms with E-state index in [4.69, 9.17) is 14.1 Å². The quantitative estimate of drug-likeness (QED) is 0.332. The van der Waals surface area contributed by atoms with Crippen LogP contribution in [0.2, 0.25) is 0 Å². The van der Waals surface area contributed by atoms with Crippen LogP contribution < -0.4 is 10.1 Å². The molecule has 4 rings (SSSR count). The molecule has 1 aromatic carbocycles. The number of nitrogens with one attached hydrogen (secondary N) is 1. The fraction of sp³-hybridized carbons (Fsp3) is 0.500. The maximum Gasteiger partial charge on any atom is 0.289 e. The summed E-state index contributed by atoms with van der Waals surface area (Å²) in [5.74, 6) is 2.17. The largest absolute Gasteiger partial charge is 0.490 e. The van der Waals surface area contributed by atoms with Crippen LogP contribution in [-0.2, 0) is 6.54 Å². The molecule has 0 bridgehead atoms. The second-order valence-corrected chi connectivity index (χ2v) is 8.06. The maximum absolute atomic E-state index is 12.5. The molecular weight excluding hydrogens is 519 g/mol. The number of carbonyl (C=O) groups excluding carboxylic acids is 1. The summed E-state index contributed by atoms with van der Waals surface area (Å²) in [4.78, 5) is 21.5. The Labute approximate surface area is 207 Å². The van der Waals surface area contributed by atoms with E-state index >= 15 is 0 Å². The zero-order valence-electron chi connectivity index (χ0n) is 18.7. The van der Waals surface area contributed by atoms with Crippen LogP contribution in [-0.4, -0.2) is 60.5 Å². The highest BCUT2D eigenvalue weighted by Gasteiger charge is 2.25. The Hall–Kier alpha value is -2.23. The fourth-order valence-electron chi connectivity index (χ4n) is 4.20. The number of nitrogens with zero attached hydrogens (tertiary/aromatic N) is 3. The lowest BCUT2D eigenvalue weighted by molar-refractivity contribution is 0.0657. The first kappa shape index (κ1) is 24.4. The summed E-state index contributed by atoms with van der Waals surface area (Å²) >= 11 is 0. The van der Waals surface area contributed by atoms with Gasteiger partial charge >= 0.3 is 0 Å². The fourth-order valence-corrected chi connectivity index (χ4v) is 4.20. The molecule has 1 amide bonds. The lowest BCUT2D eigenvalue weighted by Crippen LogP contribution is -2.53. The van der Waals surface area contributed by atoms with Crippen molar-refractivity contribution in [2.75, 3.05) is 32.7 Å². The number of para-hydroxylation sites is 1. The van der Waals surface area contributed by atoms with Crippen LogP contribution in [0.5, 0.6) is 5.75 Å². The van der Waals surface area contributed by atoms with Crippen LogP contribution in [0.1, 0.15) is 48.7 Å². The lowest BCUT2D eigenvalue weighted by Gasteiger charge is -2.36. The second-order valence-electron chi connectivity index (χ2n) is 8.06. The third-order valence-electron chi connectivity index (χ3n) is 5.90. The van der Waals surface area contributed by atoms with Crippen LogP contribution in [0.4, 0.5) is 0 Å². The number of hydrogen-bond acceptors (Lipinski definition) is 4. The number of rotatable bonds is 6. The third-order valence-corrected chi connectivity index (χ3v) is 5.90. The van der Waals surface area contributed by atoms with E-state index in [1.54, 1.807) is 12.1 Å². The van der Waals surface area contributed by atoms with Gasteiger partial charge in [0.15, 0.2) is 11.7 Å². The molecule has 174 valence electrons. The molecule has 1 aliphatic heterocycles. The van der Waals surface area contributed by atoms with E-state index in [-0.39, 0.29) is 29.9 Å². The number of hydrogen-bond donors (Lipinski definition) is 1. The maximum atomic E-state index is 12.5. The van der Waals surface area contributed by atoms with Crippen LogP contribution >= 0.6 is 24.0 Å². The summed E-state index contributed by atoms with van der Waals surface area (Å²) in [6.07, 6.45) is 6.66. The molecule has 2 fully saturated rings. The molecular formula is C24H33IN4O3. The topological polar surface area (TPSA) is 70.3 Å². The highest BCUT2D eigenvalue weighted by atomic mass is 127. The zero-order chi connectivity index (χ0) is 21.5. The first-order valence-electron chi connectivity index (χ1n) is 11.3. The van der Waals surface area contributed by atoms with Gasteiger partial charge < -0.3 is 24.3 Å².